The Hall–Kier alpha value is -2.38. The summed E-state index contributed by atoms with van der Waals surface area (Å²) < 4.78 is 19.3. The molecule has 96 valence electrons. The van der Waals surface area contributed by atoms with Gasteiger partial charge in [0, 0.05) is 6.04 Å². The van der Waals surface area contributed by atoms with Crippen molar-refractivity contribution in [3.8, 4) is 17.6 Å². The summed E-state index contributed by atoms with van der Waals surface area (Å²) in [7, 11) is 0. The summed E-state index contributed by atoms with van der Waals surface area (Å²) >= 11 is 0. The van der Waals surface area contributed by atoms with Crippen LogP contribution in [-0.2, 0) is 0 Å². The Kier molecular flexibility index (Phi) is 3.79. The third-order valence-electron chi connectivity index (χ3n) is 2.67. The average molecular weight is 256 g/mol. The SMILES string of the molecule is C[C@@H](N)c1ccc(Oc2cccc(C#N)c2)c(F)c1. The molecule has 0 unspecified atom stereocenters. The van der Waals surface area contributed by atoms with Crippen molar-refractivity contribution in [2.24, 2.45) is 5.73 Å². The fraction of sp³-hybridized carbons (Fsp3) is 0.133. The Labute approximate surface area is 111 Å². The molecule has 2 aromatic carbocycles. The van der Waals surface area contributed by atoms with E-state index < -0.39 is 5.82 Å². The van der Waals surface area contributed by atoms with Gasteiger partial charge in [-0.3, -0.25) is 0 Å². The number of nitrogens with zero attached hydrogens (tertiary/aromatic N) is 1. The van der Waals surface area contributed by atoms with Crippen LogP contribution in [0, 0.1) is 17.1 Å². The summed E-state index contributed by atoms with van der Waals surface area (Å²) in [6.45, 7) is 1.78. The summed E-state index contributed by atoms with van der Waals surface area (Å²) in [6, 6.07) is 12.9. The average Bonchev–Trinajstić information content (AvgIpc) is 2.41. The van der Waals surface area contributed by atoms with E-state index in [-0.39, 0.29) is 11.8 Å². The van der Waals surface area contributed by atoms with Gasteiger partial charge in [-0.05, 0) is 42.8 Å². The fourth-order valence-corrected chi connectivity index (χ4v) is 1.64. The van der Waals surface area contributed by atoms with Crippen LogP contribution < -0.4 is 10.5 Å². The van der Waals surface area contributed by atoms with Crippen LogP contribution in [0.5, 0.6) is 11.5 Å². The van der Waals surface area contributed by atoms with Crippen molar-refractivity contribution >= 4 is 0 Å². The molecule has 0 saturated heterocycles. The van der Waals surface area contributed by atoms with Crippen molar-refractivity contribution < 1.29 is 9.13 Å². The lowest BCUT2D eigenvalue weighted by molar-refractivity contribution is 0.441. The number of ether oxygens (including phenoxy) is 1. The van der Waals surface area contributed by atoms with Crippen LogP contribution in [0.1, 0.15) is 24.1 Å². The van der Waals surface area contributed by atoms with Crippen LogP contribution in [0.15, 0.2) is 42.5 Å². The molecule has 2 rings (SSSR count). The van der Waals surface area contributed by atoms with Gasteiger partial charge in [0.2, 0.25) is 0 Å². The monoisotopic (exact) mass is 256 g/mol. The summed E-state index contributed by atoms with van der Waals surface area (Å²) in [5, 5.41) is 8.79. The third-order valence-corrected chi connectivity index (χ3v) is 2.67. The zero-order valence-electron chi connectivity index (χ0n) is 10.4. The topological polar surface area (TPSA) is 59.0 Å². The number of hydrogen-bond donors (Lipinski definition) is 1. The third kappa shape index (κ3) is 3.09. The molecule has 3 nitrogen and oxygen atoms in total. The predicted octanol–water partition coefficient (Wildman–Crippen LogP) is 3.51. The maximum Gasteiger partial charge on any atom is 0.166 e. The molecule has 0 aromatic heterocycles. The fourth-order valence-electron chi connectivity index (χ4n) is 1.64. The van der Waals surface area contributed by atoms with Gasteiger partial charge in [0.05, 0.1) is 11.6 Å². The van der Waals surface area contributed by atoms with Crippen molar-refractivity contribution in [1.29, 1.82) is 5.26 Å². The van der Waals surface area contributed by atoms with Gasteiger partial charge in [-0.1, -0.05) is 12.1 Å². The van der Waals surface area contributed by atoms with Gasteiger partial charge < -0.3 is 10.5 Å². The first-order valence-corrected chi connectivity index (χ1v) is 5.83. The molecule has 4 heteroatoms. The van der Waals surface area contributed by atoms with Crippen LogP contribution in [-0.4, -0.2) is 0 Å². The molecule has 1 atom stereocenters. The van der Waals surface area contributed by atoms with E-state index in [1.165, 1.54) is 12.1 Å². The molecule has 0 spiro atoms. The van der Waals surface area contributed by atoms with Gasteiger partial charge in [-0.15, -0.1) is 0 Å². The Morgan fingerprint density at radius 3 is 2.68 bits per heavy atom. The highest BCUT2D eigenvalue weighted by Crippen LogP contribution is 2.26. The molecule has 0 bridgehead atoms. The highest BCUT2D eigenvalue weighted by molar-refractivity contribution is 5.40. The summed E-state index contributed by atoms with van der Waals surface area (Å²) in [5.74, 6) is 0.0585. The highest BCUT2D eigenvalue weighted by Gasteiger charge is 2.08. The lowest BCUT2D eigenvalue weighted by Crippen LogP contribution is -2.05. The van der Waals surface area contributed by atoms with Crippen molar-refractivity contribution in [3.05, 3.63) is 59.4 Å². The predicted molar refractivity (Wildman–Crippen MR) is 70.2 cm³/mol. The second-order valence-electron chi connectivity index (χ2n) is 4.22. The number of halogens is 1. The smallest absolute Gasteiger partial charge is 0.166 e. The largest absolute Gasteiger partial charge is 0.454 e. The normalized spacial score (nSPS) is 11.7. The molecular weight excluding hydrogens is 243 g/mol. The van der Waals surface area contributed by atoms with E-state index in [1.54, 1.807) is 37.3 Å². The first-order chi connectivity index (χ1) is 9.10. The van der Waals surface area contributed by atoms with E-state index in [9.17, 15) is 4.39 Å². The molecule has 0 heterocycles. The highest BCUT2D eigenvalue weighted by atomic mass is 19.1. The standard InChI is InChI=1S/C15H13FN2O/c1-10(18)12-5-6-15(14(16)8-12)19-13-4-2-3-11(7-13)9-17/h2-8,10H,18H2,1H3/t10-/m1/s1. The molecule has 19 heavy (non-hydrogen) atoms. The Morgan fingerprint density at radius 1 is 1.26 bits per heavy atom. The zero-order chi connectivity index (χ0) is 13.8. The molecule has 0 amide bonds. The second kappa shape index (κ2) is 5.51. The van der Waals surface area contributed by atoms with Crippen LogP contribution in [0.3, 0.4) is 0 Å². The van der Waals surface area contributed by atoms with E-state index in [4.69, 9.17) is 15.7 Å². The molecular formula is C15H13FN2O. The van der Waals surface area contributed by atoms with E-state index in [0.29, 0.717) is 16.9 Å². The molecule has 2 aromatic rings. The van der Waals surface area contributed by atoms with Crippen LogP contribution in [0.4, 0.5) is 4.39 Å². The van der Waals surface area contributed by atoms with Crippen LogP contribution in [0.25, 0.3) is 0 Å². The minimum atomic E-state index is -0.475. The maximum absolute atomic E-state index is 13.8. The van der Waals surface area contributed by atoms with Crippen LogP contribution in [0.2, 0.25) is 0 Å². The summed E-state index contributed by atoms with van der Waals surface area (Å²) in [5.41, 5.74) is 6.85. The Balaban J connectivity index is 2.26. The first kappa shape index (κ1) is 13.1. The number of benzene rings is 2. The molecule has 2 N–H and O–H groups in total. The van der Waals surface area contributed by atoms with Crippen LogP contribution >= 0.6 is 0 Å². The zero-order valence-corrected chi connectivity index (χ0v) is 10.4. The van der Waals surface area contributed by atoms with E-state index in [1.807, 2.05) is 6.07 Å². The maximum atomic E-state index is 13.8. The van der Waals surface area contributed by atoms with Gasteiger partial charge in [-0.2, -0.15) is 5.26 Å². The minimum Gasteiger partial charge on any atom is -0.454 e. The van der Waals surface area contributed by atoms with Gasteiger partial charge in [0.1, 0.15) is 5.75 Å². The number of nitrogens with two attached hydrogens (primary N) is 1. The summed E-state index contributed by atoms with van der Waals surface area (Å²) in [4.78, 5) is 0. The van der Waals surface area contributed by atoms with Gasteiger partial charge >= 0.3 is 0 Å². The Morgan fingerprint density at radius 2 is 2.05 bits per heavy atom. The van der Waals surface area contributed by atoms with Crippen molar-refractivity contribution in [3.63, 3.8) is 0 Å². The molecule has 0 fully saturated rings. The lowest BCUT2D eigenvalue weighted by atomic mass is 10.1. The van der Waals surface area contributed by atoms with Crippen molar-refractivity contribution in [1.82, 2.24) is 0 Å². The van der Waals surface area contributed by atoms with Crippen molar-refractivity contribution in [2.75, 3.05) is 0 Å². The van der Waals surface area contributed by atoms with E-state index >= 15 is 0 Å². The van der Waals surface area contributed by atoms with Gasteiger partial charge in [0.15, 0.2) is 11.6 Å². The molecule has 0 aliphatic carbocycles. The first-order valence-electron chi connectivity index (χ1n) is 5.83. The van der Waals surface area contributed by atoms with E-state index in [2.05, 4.69) is 0 Å². The summed E-state index contributed by atoms with van der Waals surface area (Å²) in [6.07, 6.45) is 0. The second-order valence-corrected chi connectivity index (χ2v) is 4.22. The van der Waals surface area contributed by atoms with E-state index in [0.717, 1.165) is 0 Å². The lowest BCUT2D eigenvalue weighted by Gasteiger charge is -2.10. The van der Waals surface area contributed by atoms with Gasteiger partial charge in [0.25, 0.3) is 0 Å². The quantitative estimate of drug-likeness (QED) is 0.914. The number of hydrogen-bond acceptors (Lipinski definition) is 3. The number of rotatable bonds is 3. The number of nitriles is 1. The minimum absolute atomic E-state index is 0.111. The molecule has 0 saturated carbocycles. The molecule has 0 aliphatic rings. The molecule has 0 radical (unpaired) electrons. The van der Waals surface area contributed by atoms with Gasteiger partial charge in [-0.25, -0.2) is 4.39 Å². The Bertz CT molecular complexity index is 632. The molecule has 0 aliphatic heterocycles. The van der Waals surface area contributed by atoms with Crippen molar-refractivity contribution in [2.45, 2.75) is 13.0 Å².